The zero-order valence-corrected chi connectivity index (χ0v) is 12.2. The van der Waals surface area contributed by atoms with Gasteiger partial charge < -0.3 is 14.6 Å². The van der Waals surface area contributed by atoms with Crippen molar-refractivity contribution in [3.63, 3.8) is 0 Å². The number of amides is 1. The van der Waals surface area contributed by atoms with Gasteiger partial charge in [0.2, 0.25) is 0 Å². The Morgan fingerprint density at radius 3 is 2.83 bits per heavy atom. The topological polar surface area (TPSA) is 67.6 Å². The number of hydrogen-bond acceptors (Lipinski definition) is 5. The maximum atomic E-state index is 13.5. The summed E-state index contributed by atoms with van der Waals surface area (Å²) in [7, 11) is 0. The number of rotatable bonds is 4. The number of anilines is 1. The summed E-state index contributed by atoms with van der Waals surface area (Å²) < 4.78 is 37.0. The first kappa shape index (κ1) is 15.6. The van der Waals surface area contributed by atoms with E-state index in [0.717, 1.165) is 31.3 Å². The first-order valence-corrected chi connectivity index (χ1v) is 7.14. The molecule has 0 spiro atoms. The standard InChI is InChI=1S/C15H15F2N3O3/c16-10-1-2-12(17)13(7-10)18-15(21)14-8-11(23-19-14)9-20-3-5-22-6-4-20/h1-2,7-8H,3-6,9H2,(H,18,21). The molecule has 2 aromatic rings. The summed E-state index contributed by atoms with van der Waals surface area (Å²) in [5.41, 5.74) is -0.232. The smallest absolute Gasteiger partial charge is 0.277 e. The van der Waals surface area contributed by atoms with Crippen LogP contribution in [0.25, 0.3) is 0 Å². The molecule has 0 saturated carbocycles. The van der Waals surface area contributed by atoms with Crippen molar-refractivity contribution in [2.24, 2.45) is 0 Å². The molecule has 2 heterocycles. The van der Waals surface area contributed by atoms with E-state index < -0.39 is 17.5 Å². The molecule has 1 fully saturated rings. The summed E-state index contributed by atoms with van der Waals surface area (Å²) in [6.45, 7) is 3.37. The fraction of sp³-hybridized carbons (Fsp3) is 0.333. The van der Waals surface area contributed by atoms with E-state index in [4.69, 9.17) is 9.26 Å². The second-order valence-electron chi connectivity index (χ2n) is 5.15. The zero-order valence-electron chi connectivity index (χ0n) is 12.2. The molecule has 0 aliphatic carbocycles. The third-order valence-corrected chi connectivity index (χ3v) is 3.45. The third kappa shape index (κ3) is 3.91. The maximum absolute atomic E-state index is 13.5. The Hall–Kier alpha value is -2.32. The highest BCUT2D eigenvalue weighted by molar-refractivity contribution is 6.02. The quantitative estimate of drug-likeness (QED) is 0.932. The normalized spacial score (nSPS) is 15.6. The number of carbonyl (C=O) groups is 1. The lowest BCUT2D eigenvalue weighted by molar-refractivity contribution is 0.0305. The van der Waals surface area contributed by atoms with Crippen LogP contribution < -0.4 is 5.32 Å². The van der Waals surface area contributed by atoms with Crippen LogP contribution in [0.3, 0.4) is 0 Å². The Morgan fingerprint density at radius 1 is 1.26 bits per heavy atom. The van der Waals surface area contributed by atoms with Crippen molar-refractivity contribution in [3.05, 3.63) is 47.4 Å². The molecule has 1 aliphatic heterocycles. The minimum atomic E-state index is -0.725. The highest BCUT2D eigenvalue weighted by Crippen LogP contribution is 2.17. The van der Waals surface area contributed by atoms with E-state index in [0.29, 0.717) is 25.5 Å². The molecule has 0 radical (unpaired) electrons. The van der Waals surface area contributed by atoms with Crippen LogP contribution in [0.5, 0.6) is 0 Å². The maximum Gasteiger partial charge on any atom is 0.277 e. The lowest BCUT2D eigenvalue weighted by Crippen LogP contribution is -2.35. The molecule has 122 valence electrons. The van der Waals surface area contributed by atoms with E-state index in [1.54, 1.807) is 0 Å². The van der Waals surface area contributed by atoms with E-state index in [2.05, 4.69) is 15.4 Å². The fourth-order valence-corrected chi connectivity index (χ4v) is 2.25. The van der Waals surface area contributed by atoms with Gasteiger partial charge in [0.1, 0.15) is 11.6 Å². The van der Waals surface area contributed by atoms with Crippen LogP contribution in [-0.4, -0.2) is 42.3 Å². The SMILES string of the molecule is O=C(Nc1cc(F)ccc1F)c1cc(CN2CCOCC2)on1. The Bertz CT molecular complexity index is 699. The van der Waals surface area contributed by atoms with E-state index >= 15 is 0 Å². The lowest BCUT2D eigenvalue weighted by atomic mass is 10.2. The Morgan fingerprint density at radius 2 is 2.04 bits per heavy atom. The summed E-state index contributed by atoms with van der Waals surface area (Å²) in [5.74, 6) is -1.50. The Labute approximate surface area is 131 Å². The van der Waals surface area contributed by atoms with Crippen molar-refractivity contribution in [2.45, 2.75) is 6.54 Å². The van der Waals surface area contributed by atoms with Crippen molar-refractivity contribution >= 4 is 11.6 Å². The molecule has 0 unspecified atom stereocenters. The molecule has 1 aromatic carbocycles. The number of aromatic nitrogens is 1. The lowest BCUT2D eigenvalue weighted by Gasteiger charge is -2.25. The van der Waals surface area contributed by atoms with Gasteiger partial charge in [0.25, 0.3) is 5.91 Å². The Kier molecular flexibility index (Phi) is 4.63. The van der Waals surface area contributed by atoms with Gasteiger partial charge in [0.15, 0.2) is 11.5 Å². The minimum absolute atomic E-state index is 0.0110. The van der Waals surface area contributed by atoms with Crippen molar-refractivity contribution < 1.29 is 22.8 Å². The van der Waals surface area contributed by atoms with Gasteiger partial charge in [0.05, 0.1) is 25.4 Å². The summed E-state index contributed by atoms with van der Waals surface area (Å²) >= 11 is 0. The van der Waals surface area contributed by atoms with Gasteiger partial charge in [0, 0.05) is 25.2 Å². The minimum Gasteiger partial charge on any atom is -0.379 e. The molecule has 1 saturated heterocycles. The van der Waals surface area contributed by atoms with Crippen molar-refractivity contribution in [1.29, 1.82) is 0 Å². The van der Waals surface area contributed by atoms with Crippen molar-refractivity contribution in [3.8, 4) is 0 Å². The molecule has 3 rings (SSSR count). The van der Waals surface area contributed by atoms with Crippen LogP contribution in [0.2, 0.25) is 0 Å². The van der Waals surface area contributed by atoms with E-state index in [-0.39, 0.29) is 11.4 Å². The average Bonchev–Trinajstić information content (AvgIpc) is 3.00. The number of nitrogens with zero attached hydrogens (tertiary/aromatic N) is 2. The monoisotopic (exact) mass is 323 g/mol. The zero-order chi connectivity index (χ0) is 16.2. The first-order chi connectivity index (χ1) is 11.1. The van der Waals surface area contributed by atoms with Crippen LogP contribution in [-0.2, 0) is 11.3 Å². The molecule has 8 heteroatoms. The molecular formula is C15H15F2N3O3. The average molecular weight is 323 g/mol. The van der Waals surface area contributed by atoms with Gasteiger partial charge >= 0.3 is 0 Å². The van der Waals surface area contributed by atoms with Gasteiger partial charge in [-0.15, -0.1) is 0 Å². The molecule has 1 amide bonds. The summed E-state index contributed by atoms with van der Waals surface area (Å²) in [5, 5.41) is 5.94. The predicted octanol–water partition coefficient (Wildman–Crippen LogP) is 2.04. The van der Waals surface area contributed by atoms with Crippen LogP contribution in [0.1, 0.15) is 16.2 Å². The molecule has 1 aliphatic rings. The van der Waals surface area contributed by atoms with Gasteiger partial charge in [-0.1, -0.05) is 5.16 Å². The van der Waals surface area contributed by atoms with E-state index in [9.17, 15) is 13.6 Å². The number of nitrogens with one attached hydrogen (secondary N) is 1. The third-order valence-electron chi connectivity index (χ3n) is 3.45. The van der Waals surface area contributed by atoms with Crippen LogP contribution in [0.15, 0.2) is 28.8 Å². The highest BCUT2D eigenvalue weighted by Gasteiger charge is 2.18. The number of ether oxygens (including phenoxy) is 1. The van der Waals surface area contributed by atoms with E-state index in [1.165, 1.54) is 6.07 Å². The molecule has 0 atom stereocenters. The molecule has 6 nitrogen and oxygen atoms in total. The highest BCUT2D eigenvalue weighted by atomic mass is 19.1. The largest absolute Gasteiger partial charge is 0.379 e. The molecule has 1 aromatic heterocycles. The second-order valence-corrected chi connectivity index (χ2v) is 5.15. The molecule has 23 heavy (non-hydrogen) atoms. The summed E-state index contributed by atoms with van der Waals surface area (Å²) in [4.78, 5) is 14.1. The number of halogens is 2. The van der Waals surface area contributed by atoms with Gasteiger partial charge in [-0.25, -0.2) is 8.78 Å². The van der Waals surface area contributed by atoms with Gasteiger partial charge in [-0.3, -0.25) is 9.69 Å². The summed E-state index contributed by atoms with van der Waals surface area (Å²) in [6, 6.07) is 4.31. The molecule has 0 bridgehead atoms. The van der Waals surface area contributed by atoms with Gasteiger partial charge in [-0.2, -0.15) is 0 Å². The number of carbonyl (C=O) groups excluding carboxylic acids is 1. The number of morpholine rings is 1. The summed E-state index contributed by atoms with van der Waals surface area (Å²) in [6.07, 6.45) is 0. The van der Waals surface area contributed by atoms with Crippen LogP contribution in [0, 0.1) is 11.6 Å². The molecule has 1 N–H and O–H groups in total. The number of benzene rings is 1. The van der Waals surface area contributed by atoms with Crippen molar-refractivity contribution in [1.82, 2.24) is 10.1 Å². The van der Waals surface area contributed by atoms with Crippen LogP contribution >= 0.6 is 0 Å². The number of hydrogen-bond donors (Lipinski definition) is 1. The second kappa shape index (κ2) is 6.84. The molecular weight excluding hydrogens is 308 g/mol. The van der Waals surface area contributed by atoms with E-state index in [1.807, 2.05) is 0 Å². The fourth-order valence-electron chi connectivity index (χ4n) is 2.25. The predicted molar refractivity (Wildman–Crippen MR) is 76.9 cm³/mol. The van der Waals surface area contributed by atoms with Crippen LogP contribution in [0.4, 0.5) is 14.5 Å². The van der Waals surface area contributed by atoms with Gasteiger partial charge in [-0.05, 0) is 12.1 Å². The first-order valence-electron chi connectivity index (χ1n) is 7.14. The Balaban J connectivity index is 1.65. The van der Waals surface area contributed by atoms with Crippen molar-refractivity contribution in [2.75, 3.05) is 31.6 Å².